The van der Waals surface area contributed by atoms with E-state index in [-0.39, 0.29) is 5.69 Å². The van der Waals surface area contributed by atoms with Crippen LogP contribution in [-0.2, 0) is 0 Å². The summed E-state index contributed by atoms with van der Waals surface area (Å²) in [4.78, 5) is 10.3. The highest BCUT2D eigenvalue weighted by atomic mass is 16.6. The quantitative estimate of drug-likeness (QED) is 0.203. The Morgan fingerprint density at radius 1 is 0.935 bits per heavy atom. The van der Waals surface area contributed by atoms with Crippen LogP contribution in [0.4, 0.5) is 11.4 Å². The molecule has 160 valence electrons. The molecule has 0 fully saturated rings. The minimum Gasteiger partial charge on any atom is -0.493 e. The van der Waals surface area contributed by atoms with Gasteiger partial charge in [0.25, 0.3) is 5.69 Å². The third-order valence-electron chi connectivity index (χ3n) is 4.60. The van der Waals surface area contributed by atoms with Gasteiger partial charge in [-0.1, -0.05) is 30.3 Å². The molecule has 7 heteroatoms. The van der Waals surface area contributed by atoms with E-state index in [1.165, 1.54) is 12.1 Å². The van der Waals surface area contributed by atoms with Crippen LogP contribution in [0.3, 0.4) is 0 Å². The molecule has 0 spiro atoms. The van der Waals surface area contributed by atoms with E-state index < -0.39 is 4.92 Å². The Kier molecular flexibility index (Phi) is 7.59. The van der Waals surface area contributed by atoms with Crippen LogP contribution in [-0.4, -0.2) is 24.4 Å². The Bertz CT molecular complexity index is 1030. The van der Waals surface area contributed by atoms with Crippen molar-refractivity contribution in [3.05, 3.63) is 93.5 Å². The van der Waals surface area contributed by atoms with E-state index in [1.54, 1.807) is 18.3 Å². The molecule has 0 aliphatic heterocycles. The minimum absolute atomic E-state index is 0.0369. The van der Waals surface area contributed by atoms with Crippen molar-refractivity contribution in [2.24, 2.45) is 5.10 Å². The highest BCUT2D eigenvalue weighted by Crippen LogP contribution is 2.22. The monoisotopic (exact) mass is 419 g/mol. The summed E-state index contributed by atoms with van der Waals surface area (Å²) in [5, 5.41) is 14.9. The average Bonchev–Trinajstić information content (AvgIpc) is 2.76. The Balaban J connectivity index is 1.49. The molecule has 3 aromatic rings. The molecule has 31 heavy (non-hydrogen) atoms. The van der Waals surface area contributed by atoms with Crippen LogP contribution in [0.5, 0.6) is 11.5 Å². The number of hydrazone groups is 1. The van der Waals surface area contributed by atoms with Crippen LogP contribution in [0.1, 0.15) is 23.1 Å². The van der Waals surface area contributed by atoms with Crippen LogP contribution in [0.2, 0.25) is 0 Å². The summed E-state index contributed by atoms with van der Waals surface area (Å²) >= 11 is 0. The van der Waals surface area contributed by atoms with Crippen LogP contribution < -0.4 is 14.9 Å². The summed E-state index contributed by atoms with van der Waals surface area (Å²) in [7, 11) is 0. The van der Waals surface area contributed by atoms with Gasteiger partial charge in [-0.2, -0.15) is 5.10 Å². The number of aryl methyl sites for hydroxylation is 2. The number of nitrogens with one attached hydrogen (secondary N) is 1. The van der Waals surface area contributed by atoms with Crippen LogP contribution >= 0.6 is 0 Å². The van der Waals surface area contributed by atoms with Crippen molar-refractivity contribution in [3.8, 4) is 11.5 Å². The summed E-state index contributed by atoms with van der Waals surface area (Å²) in [6.45, 7) is 5.17. The Morgan fingerprint density at radius 2 is 1.61 bits per heavy atom. The van der Waals surface area contributed by atoms with E-state index in [4.69, 9.17) is 9.47 Å². The number of hydrogen-bond acceptors (Lipinski definition) is 6. The number of benzene rings is 3. The van der Waals surface area contributed by atoms with Crippen LogP contribution in [0, 0.1) is 24.0 Å². The third-order valence-corrected chi connectivity index (χ3v) is 4.60. The second-order valence-electron chi connectivity index (χ2n) is 6.98. The summed E-state index contributed by atoms with van der Waals surface area (Å²) < 4.78 is 11.8. The van der Waals surface area contributed by atoms with Crippen molar-refractivity contribution in [2.75, 3.05) is 18.6 Å². The Labute approximate surface area is 181 Å². The number of non-ortho nitro benzene ring substituents is 1. The molecule has 0 amide bonds. The molecule has 3 rings (SSSR count). The number of rotatable bonds is 10. The van der Waals surface area contributed by atoms with Crippen molar-refractivity contribution in [1.82, 2.24) is 0 Å². The molecule has 0 heterocycles. The summed E-state index contributed by atoms with van der Waals surface area (Å²) in [6, 6.07) is 19.8. The summed E-state index contributed by atoms with van der Waals surface area (Å²) in [5.41, 5.74) is 6.64. The van der Waals surface area contributed by atoms with Gasteiger partial charge in [0.05, 0.1) is 30.0 Å². The zero-order valence-electron chi connectivity index (χ0n) is 17.6. The van der Waals surface area contributed by atoms with Gasteiger partial charge >= 0.3 is 0 Å². The van der Waals surface area contributed by atoms with E-state index in [0.717, 1.165) is 34.6 Å². The number of nitro groups is 1. The molecule has 0 unspecified atom stereocenters. The molecule has 0 atom stereocenters. The predicted octanol–water partition coefficient (Wildman–Crippen LogP) is 5.51. The van der Waals surface area contributed by atoms with E-state index in [9.17, 15) is 10.1 Å². The maximum atomic E-state index is 10.7. The molecule has 0 radical (unpaired) electrons. The van der Waals surface area contributed by atoms with Gasteiger partial charge in [0.15, 0.2) is 0 Å². The van der Waals surface area contributed by atoms with E-state index in [0.29, 0.717) is 18.9 Å². The first-order valence-electron chi connectivity index (χ1n) is 9.99. The Hall–Kier alpha value is -3.87. The first-order valence-corrected chi connectivity index (χ1v) is 9.99. The lowest BCUT2D eigenvalue weighted by atomic mass is 10.1. The lowest BCUT2D eigenvalue weighted by Gasteiger charge is -2.13. The molecular weight excluding hydrogens is 394 g/mol. The fourth-order valence-electron chi connectivity index (χ4n) is 2.99. The SMILES string of the molecule is Cc1cccc(C)c1OCCCOc1ccccc1/C=N/Nc1ccc([N+](=O)[O-])cc1. The second kappa shape index (κ2) is 10.8. The molecule has 7 nitrogen and oxygen atoms in total. The van der Waals surface area contributed by atoms with E-state index in [1.807, 2.05) is 56.3 Å². The smallest absolute Gasteiger partial charge is 0.269 e. The van der Waals surface area contributed by atoms with E-state index in [2.05, 4.69) is 10.5 Å². The van der Waals surface area contributed by atoms with Crippen molar-refractivity contribution < 1.29 is 14.4 Å². The van der Waals surface area contributed by atoms with E-state index >= 15 is 0 Å². The number of hydrogen-bond donors (Lipinski definition) is 1. The highest BCUT2D eigenvalue weighted by Gasteiger charge is 2.05. The predicted molar refractivity (Wildman–Crippen MR) is 122 cm³/mol. The molecular formula is C24H25N3O4. The van der Waals surface area contributed by atoms with Gasteiger partial charge in [0.1, 0.15) is 11.5 Å². The summed E-state index contributed by atoms with van der Waals surface area (Å²) in [6.07, 6.45) is 2.41. The van der Waals surface area contributed by atoms with Crippen molar-refractivity contribution in [1.29, 1.82) is 0 Å². The highest BCUT2D eigenvalue weighted by molar-refractivity contribution is 5.84. The van der Waals surface area contributed by atoms with Crippen molar-refractivity contribution in [2.45, 2.75) is 20.3 Å². The average molecular weight is 419 g/mol. The van der Waals surface area contributed by atoms with Crippen molar-refractivity contribution >= 4 is 17.6 Å². The second-order valence-corrected chi connectivity index (χ2v) is 6.98. The maximum Gasteiger partial charge on any atom is 0.269 e. The largest absolute Gasteiger partial charge is 0.493 e. The molecule has 0 saturated heterocycles. The van der Waals surface area contributed by atoms with Gasteiger partial charge in [-0.05, 0) is 49.2 Å². The number of ether oxygens (including phenoxy) is 2. The lowest BCUT2D eigenvalue weighted by Crippen LogP contribution is -2.07. The zero-order chi connectivity index (χ0) is 22.1. The van der Waals surface area contributed by atoms with Gasteiger partial charge in [0.2, 0.25) is 0 Å². The van der Waals surface area contributed by atoms with Crippen LogP contribution in [0.15, 0.2) is 71.8 Å². The van der Waals surface area contributed by atoms with Gasteiger partial charge in [0, 0.05) is 24.1 Å². The van der Waals surface area contributed by atoms with Gasteiger partial charge in [-0.25, -0.2) is 0 Å². The fourth-order valence-corrected chi connectivity index (χ4v) is 2.99. The Morgan fingerprint density at radius 3 is 2.32 bits per heavy atom. The topological polar surface area (TPSA) is 86.0 Å². The molecule has 0 saturated carbocycles. The molecule has 1 N–H and O–H groups in total. The lowest BCUT2D eigenvalue weighted by molar-refractivity contribution is -0.384. The van der Waals surface area contributed by atoms with Gasteiger partial charge in [-0.15, -0.1) is 0 Å². The molecule has 0 aliphatic rings. The minimum atomic E-state index is -0.437. The zero-order valence-corrected chi connectivity index (χ0v) is 17.6. The standard InChI is InChI=1S/C24H25N3O4/c1-18-7-5-8-19(2)24(18)31-16-6-15-30-23-10-4-3-9-20(23)17-25-26-21-11-13-22(14-12-21)27(28)29/h3-5,7-14,17,26H,6,15-16H2,1-2H3/b25-17+. The van der Waals surface area contributed by atoms with Crippen LogP contribution in [0.25, 0.3) is 0 Å². The van der Waals surface area contributed by atoms with Gasteiger partial charge < -0.3 is 9.47 Å². The number of nitrogens with zero attached hydrogens (tertiary/aromatic N) is 2. The normalized spacial score (nSPS) is 10.8. The molecule has 0 aliphatic carbocycles. The number of anilines is 1. The van der Waals surface area contributed by atoms with Gasteiger partial charge in [-0.3, -0.25) is 15.5 Å². The molecule has 0 bridgehead atoms. The fraction of sp³-hybridized carbons (Fsp3) is 0.208. The first-order chi connectivity index (χ1) is 15.0. The maximum absolute atomic E-state index is 10.7. The molecule has 3 aromatic carbocycles. The number of nitro benzene ring substituents is 1. The third kappa shape index (κ3) is 6.30. The first kappa shape index (κ1) is 21.8. The molecule has 0 aromatic heterocycles. The van der Waals surface area contributed by atoms with Crippen molar-refractivity contribution in [3.63, 3.8) is 0 Å². The number of para-hydroxylation sites is 2. The summed E-state index contributed by atoms with van der Waals surface area (Å²) in [5.74, 6) is 1.66.